The van der Waals surface area contributed by atoms with Crippen LogP contribution in [0, 0.1) is 13.8 Å². The number of nitrogens with zero attached hydrogens (tertiary/aromatic N) is 2. The molecule has 178 valence electrons. The zero-order chi connectivity index (χ0) is 24.6. The zero-order valence-corrected chi connectivity index (χ0v) is 20.8. The molecule has 0 unspecified atom stereocenters. The van der Waals surface area contributed by atoms with E-state index in [1.165, 1.54) is 11.3 Å². The van der Waals surface area contributed by atoms with E-state index in [9.17, 15) is 9.59 Å². The number of methoxy groups -OCH3 is 2. The molecule has 0 bridgehead atoms. The van der Waals surface area contributed by atoms with Gasteiger partial charge in [0.1, 0.15) is 17.5 Å². The number of fused-ring (bicyclic) bond motifs is 1. The summed E-state index contributed by atoms with van der Waals surface area (Å²) in [6.45, 7) is 7.63. The van der Waals surface area contributed by atoms with Gasteiger partial charge in [-0.25, -0.2) is 9.79 Å². The Kier molecular flexibility index (Phi) is 6.47. The highest BCUT2D eigenvalue weighted by molar-refractivity contribution is 7.07. The lowest BCUT2D eigenvalue weighted by Crippen LogP contribution is -2.40. The summed E-state index contributed by atoms with van der Waals surface area (Å²) >= 11 is 1.28. The minimum Gasteiger partial charge on any atom is -0.497 e. The molecular formula is C25H27N3O5S. The topological polar surface area (TPSA) is 94.9 Å². The molecule has 1 aliphatic heterocycles. The lowest BCUT2D eigenvalue weighted by atomic mass is 9.94. The number of esters is 1. The predicted octanol–water partition coefficient (Wildman–Crippen LogP) is 2.76. The number of nitrogens with one attached hydrogen (secondary N) is 1. The number of allylic oxidation sites excluding steroid dienone is 1. The molecule has 0 saturated carbocycles. The summed E-state index contributed by atoms with van der Waals surface area (Å²) in [5, 5.41) is 0. The van der Waals surface area contributed by atoms with E-state index < -0.39 is 12.0 Å². The van der Waals surface area contributed by atoms with E-state index in [4.69, 9.17) is 14.2 Å². The van der Waals surface area contributed by atoms with E-state index >= 15 is 0 Å². The minimum absolute atomic E-state index is 0.202. The molecule has 9 heteroatoms. The Morgan fingerprint density at radius 1 is 1.21 bits per heavy atom. The highest BCUT2D eigenvalue weighted by Crippen LogP contribution is 2.37. The van der Waals surface area contributed by atoms with Gasteiger partial charge >= 0.3 is 5.97 Å². The molecule has 1 aromatic carbocycles. The van der Waals surface area contributed by atoms with E-state index in [0.717, 1.165) is 17.0 Å². The van der Waals surface area contributed by atoms with Gasteiger partial charge in [0.2, 0.25) is 0 Å². The third-order valence-electron chi connectivity index (χ3n) is 5.72. The fraction of sp³-hybridized carbons (Fsp3) is 0.320. The molecule has 0 saturated heterocycles. The van der Waals surface area contributed by atoms with Crippen molar-refractivity contribution >= 4 is 23.4 Å². The smallest absolute Gasteiger partial charge is 0.338 e. The second-order valence-corrected chi connectivity index (χ2v) is 8.95. The molecule has 3 heterocycles. The number of benzene rings is 1. The average Bonchev–Trinajstić information content (AvgIpc) is 3.29. The van der Waals surface area contributed by atoms with Crippen molar-refractivity contribution in [2.75, 3.05) is 20.8 Å². The van der Waals surface area contributed by atoms with E-state index in [0.29, 0.717) is 37.7 Å². The first kappa shape index (κ1) is 23.6. The number of hydrogen-bond acceptors (Lipinski definition) is 7. The monoisotopic (exact) mass is 481 g/mol. The zero-order valence-electron chi connectivity index (χ0n) is 20.0. The van der Waals surface area contributed by atoms with Gasteiger partial charge in [-0.15, -0.1) is 0 Å². The number of ether oxygens (including phenoxy) is 3. The Bertz CT molecular complexity index is 1470. The number of hydrogen-bond donors (Lipinski definition) is 1. The van der Waals surface area contributed by atoms with Crippen molar-refractivity contribution in [3.63, 3.8) is 0 Å². The number of carbonyl (C=O) groups is 1. The number of thiazole rings is 1. The molecule has 0 spiro atoms. The van der Waals surface area contributed by atoms with Crippen LogP contribution in [0.4, 0.5) is 0 Å². The van der Waals surface area contributed by atoms with Crippen LogP contribution in [-0.2, 0) is 9.53 Å². The summed E-state index contributed by atoms with van der Waals surface area (Å²) in [5.74, 6) is 0.577. The Morgan fingerprint density at radius 3 is 2.59 bits per heavy atom. The molecule has 34 heavy (non-hydrogen) atoms. The number of aromatic amines is 1. The maximum Gasteiger partial charge on any atom is 0.338 e. The third kappa shape index (κ3) is 4.07. The van der Waals surface area contributed by atoms with Crippen LogP contribution in [0.5, 0.6) is 11.5 Å². The molecule has 2 aromatic heterocycles. The quantitative estimate of drug-likeness (QED) is 0.547. The van der Waals surface area contributed by atoms with Gasteiger partial charge in [0.05, 0.1) is 36.6 Å². The number of aromatic nitrogens is 2. The number of carbonyl (C=O) groups excluding carboxylic acids is 1. The van der Waals surface area contributed by atoms with Crippen molar-refractivity contribution in [2.24, 2.45) is 4.99 Å². The Hall–Kier alpha value is -3.59. The lowest BCUT2D eigenvalue weighted by Gasteiger charge is -2.26. The van der Waals surface area contributed by atoms with Crippen LogP contribution in [0.1, 0.15) is 42.4 Å². The first-order valence-electron chi connectivity index (χ1n) is 10.9. The summed E-state index contributed by atoms with van der Waals surface area (Å²) in [5.41, 5.74) is 4.07. The standard InChI is InChI=1S/C25H27N3O5S/c1-7-33-24(30)21-15(4)27-25-28(22(21)18-12-17(31-5)8-9-19(18)32-6)23(29)20(34-25)11-16-10-13(2)26-14(16)3/h8-12,22,26H,7H2,1-6H3/b20-11-/t22-/m1/s1. The molecule has 1 N–H and O–H groups in total. The Morgan fingerprint density at radius 2 is 1.97 bits per heavy atom. The highest BCUT2D eigenvalue weighted by Gasteiger charge is 2.35. The molecule has 0 amide bonds. The molecular weight excluding hydrogens is 454 g/mol. The summed E-state index contributed by atoms with van der Waals surface area (Å²) in [6, 6.07) is 6.51. The van der Waals surface area contributed by atoms with E-state index in [1.807, 2.05) is 26.0 Å². The van der Waals surface area contributed by atoms with Gasteiger partial charge in [0, 0.05) is 17.0 Å². The molecule has 4 rings (SSSR count). The van der Waals surface area contributed by atoms with E-state index in [-0.39, 0.29) is 12.2 Å². The van der Waals surface area contributed by atoms with Crippen LogP contribution >= 0.6 is 11.3 Å². The molecule has 0 radical (unpaired) electrons. The fourth-order valence-electron chi connectivity index (χ4n) is 4.18. The van der Waals surface area contributed by atoms with Gasteiger partial charge in [-0.05, 0) is 63.6 Å². The van der Waals surface area contributed by atoms with Gasteiger partial charge in [-0.1, -0.05) is 11.3 Å². The SMILES string of the molecule is CCOC(=O)C1=C(C)N=c2s/c(=C\c3cc(C)[nH]c3C)c(=O)n2[C@@H]1c1cc(OC)ccc1OC. The first-order chi connectivity index (χ1) is 16.3. The summed E-state index contributed by atoms with van der Waals surface area (Å²) in [4.78, 5) is 35.2. The van der Waals surface area contributed by atoms with Gasteiger partial charge in [-0.2, -0.15) is 0 Å². The van der Waals surface area contributed by atoms with Crippen LogP contribution in [0.2, 0.25) is 0 Å². The van der Waals surface area contributed by atoms with Crippen LogP contribution in [0.25, 0.3) is 6.08 Å². The van der Waals surface area contributed by atoms with Crippen LogP contribution < -0.4 is 24.4 Å². The van der Waals surface area contributed by atoms with Crippen molar-refractivity contribution < 1.29 is 19.0 Å². The van der Waals surface area contributed by atoms with Crippen LogP contribution in [0.15, 0.2) is 45.3 Å². The number of aryl methyl sites for hydroxylation is 2. The average molecular weight is 482 g/mol. The molecule has 0 aliphatic carbocycles. The lowest BCUT2D eigenvalue weighted by molar-refractivity contribution is -0.139. The normalized spacial score (nSPS) is 15.7. The highest BCUT2D eigenvalue weighted by atomic mass is 32.1. The Labute approximate surface area is 200 Å². The van der Waals surface area contributed by atoms with Gasteiger partial charge < -0.3 is 19.2 Å². The van der Waals surface area contributed by atoms with Gasteiger partial charge in [0.25, 0.3) is 5.56 Å². The van der Waals surface area contributed by atoms with E-state index in [2.05, 4.69) is 9.98 Å². The van der Waals surface area contributed by atoms with Crippen molar-refractivity contribution in [1.29, 1.82) is 0 Å². The first-order valence-corrected chi connectivity index (χ1v) is 11.7. The van der Waals surface area contributed by atoms with Crippen molar-refractivity contribution in [1.82, 2.24) is 9.55 Å². The van der Waals surface area contributed by atoms with Crippen molar-refractivity contribution in [3.8, 4) is 11.5 Å². The van der Waals surface area contributed by atoms with Crippen molar-refractivity contribution in [3.05, 3.63) is 77.7 Å². The number of rotatable bonds is 6. The maximum absolute atomic E-state index is 13.7. The van der Waals surface area contributed by atoms with Crippen LogP contribution in [0.3, 0.4) is 0 Å². The largest absolute Gasteiger partial charge is 0.497 e. The Balaban J connectivity index is 2.03. The summed E-state index contributed by atoms with van der Waals surface area (Å²) in [6.07, 6.45) is 1.85. The second-order valence-electron chi connectivity index (χ2n) is 7.94. The molecule has 1 atom stereocenters. The summed E-state index contributed by atoms with van der Waals surface area (Å²) < 4.78 is 18.5. The fourth-order valence-corrected chi connectivity index (χ4v) is 5.21. The van der Waals surface area contributed by atoms with Crippen LogP contribution in [-0.4, -0.2) is 36.3 Å². The molecule has 8 nitrogen and oxygen atoms in total. The second kappa shape index (κ2) is 9.34. The summed E-state index contributed by atoms with van der Waals surface area (Å²) in [7, 11) is 3.11. The van der Waals surface area contributed by atoms with E-state index in [1.54, 1.807) is 50.8 Å². The predicted molar refractivity (Wildman–Crippen MR) is 130 cm³/mol. The molecule has 0 fully saturated rings. The molecule has 3 aromatic rings. The minimum atomic E-state index is -0.781. The van der Waals surface area contributed by atoms with Gasteiger partial charge in [0.15, 0.2) is 4.80 Å². The molecule has 1 aliphatic rings. The third-order valence-corrected chi connectivity index (χ3v) is 6.71. The maximum atomic E-state index is 13.7. The van der Waals surface area contributed by atoms with Crippen molar-refractivity contribution in [2.45, 2.75) is 33.7 Å². The van der Waals surface area contributed by atoms with Gasteiger partial charge in [-0.3, -0.25) is 9.36 Å². The number of H-pyrrole nitrogens is 1.